The molecule has 0 unspecified atom stereocenters. The minimum absolute atomic E-state index is 0.760. The molecule has 0 radical (unpaired) electrons. The van der Waals surface area contributed by atoms with Crippen molar-refractivity contribution >= 4 is 6.34 Å². The first-order valence-electron chi connectivity index (χ1n) is 2.29. The average Bonchev–Trinajstić information content (AvgIpc) is 1.83. The van der Waals surface area contributed by atoms with Gasteiger partial charge >= 0.3 is 0 Å². The molecule has 0 heterocycles. The lowest BCUT2D eigenvalue weighted by Crippen LogP contribution is -2.06. The molecular weight excluding hydrogens is 100 g/mol. The van der Waals surface area contributed by atoms with Crippen molar-refractivity contribution in [1.29, 1.82) is 0 Å². The van der Waals surface area contributed by atoms with E-state index in [1.54, 1.807) is 19.5 Å². The molecule has 0 saturated carbocycles. The number of nitrogens with one attached hydrogen (secondary N) is 1. The molecule has 2 nitrogen and oxygen atoms in total. The first-order chi connectivity index (χ1) is 3.81. The van der Waals surface area contributed by atoms with Crippen molar-refractivity contribution < 1.29 is 0 Å². The van der Waals surface area contributed by atoms with Gasteiger partial charge in [-0.1, -0.05) is 13.2 Å². The summed E-state index contributed by atoms with van der Waals surface area (Å²) in [6.45, 7) is 7.08. The Labute approximate surface area is 49.6 Å². The molecule has 2 heteroatoms. The van der Waals surface area contributed by atoms with Crippen LogP contribution in [-0.4, -0.2) is 13.4 Å². The Bertz CT molecular complexity index is 114. The third-order valence-electron chi connectivity index (χ3n) is 0.625. The van der Waals surface area contributed by atoms with E-state index >= 15 is 0 Å². The fraction of sp³-hybridized carbons (Fsp3) is 0.167. The van der Waals surface area contributed by atoms with Gasteiger partial charge < -0.3 is 5.32 Å². The number of hydrogen-bond acceptors (Lipinski definition) is 1. The Morgan fingerprint density at radius 2 is 2.38 bits per heavy atom. The summed E-state index contributed by atoms with van der Waals surface area (Å²) in [5.74, 6) is 0. The molecule has 0 aromatic carbocycles. The predicted octanol–water partition coefficient (Wildman–Crippen LogP) is 0.934. The summed E-state index contributed by atoms with van der Waals surface area (Å²) >= 11 is 0. The molecule has 8 heavy (non-hydrogen) atoms. The lowest BCUT2D eigenvalue weighted by Gasteiger charge is -1.92. The fourth-order valence-corrected chi connectivity index (χ4v) is 0.206. The van der Waals surface area contributed by atoms with Crippen LogP contribution in [0.25, 0.3) is 0 Å². The smallest absolute Gasteiger partial charge is 0.0864 e. The molecule has 0 spiro atoms. The highest BCUT2D eigenvalue weighted by molar-refractivity contribution is 5.57. The van der Waals surface area contributed by atoms with Crippen molar-refractivity contribution in [3.05, 3.63) is 24.9 Å². The van der Waals surface area contributed by atoms with E-state index in [0.717, 1.165) is 5.70 Å². The van der Waals surface area contributed by atoms with Crippen LogP contribution < -0.4 is 5.32 Å². The zero-order chi connectivity index (χ0) is 6.41. The van der Waals surface area contributed by atoms with Gasteiger partial charge in [0.1, 0.15) is 0 Å². The second-order valence-electron chi connectivity index (χ2n) is 1.26. The van der Waals surface area contributed by atoms with Gasteiger partial charge in [-0.3, -0.25) is 4.99 Å². The summed E-state index contributed by atoms with van der Waals surface area (Å²) in [6.07, 6.45) is 3.19. The van der Waals surface area contributed by atoms with E-state index in [9.17, 15) is 0 Å². The Balaban J connectivity index is 3.39. The second kappa shape index (κ2) is 4.12. The van der Waals surface area contributed by atoms with E-state index in [4.69, 9.17) is 0 Å². The van der Waals surface area contributed by atoms with Gasteiger partial charge in [-0.05, 0) is 6.08 Å². The molecule has 44 valence electrons. The number of allylic oxidation sites excluding steroid dienone is 1. The standard InChI is InChI=1S/C6H10N2/c1-4-6(2)8-5-7-3/h4-5H,1-2H2,3H3,(H,7,8). The van der Waals surface area contributed by atoms with Crippen LogP contribution in [0, 0.1) is 0 Å². The average molecular weight is 110 g/mol. The summed E-state index contributed by atoms with van der Waals surface area (Å²) in [4.78, 5) is 3.68. The van der Waals surface area contributed by atoms with Crippen LogP contribution in [0.15, 0.2) is 29.9 Å². The molecule has 0 atom stereocenters. The highest BCUT2D eigenvalue weighted by Gasteiger charge is 1.74. The molecule has 0 saturated heterocycles. The molecule has 0 aliphatic carbocycles. The van der Waals surface area contributed by atoms with Crippen LogP contribution in [0.1, 0.15) is 0 Å². The molecular formula is C6H10N2. The Morgan fingerprint density at radius 3 is 2.75 bits per heavy atom. The van der Waals surface area contributed by atoms with E-state index in [-0.39, 0.29) is 0 Å². The molecule has 0 aromatic heterocycles. The van der Waals surface area contributed by atoms with Crippen LogP contribution in [-0.2, 0) is 0 Å². The predicted molar refractivity (Wildman–Crippen MR) is 36.9 cm³/mol. The topological polar surface area (TPSA) is 24.4 Å². The lowest BCUT2D eigenvalue weighted by atomic mass is 10.5. The largest absolute Gasteiger partial charge is 0.347 e. The summed E-state index contributed by atoms with van der Waals surface area (Å²) in [7, 11) is 1.68. The first kappa shape index (κ1) is 6.95. The van der Waals surface area contributed by atoms with E-state index in [1.165, 1.54) is 0 Å². The molecule has 1 N–H and O–H groups in total. The van der Waals surface area contributed by atoms with Crippen molar-refractivity contribution in [2.24, 2.45) is 4.99 Å². The molecule has 0 aliphatic rings. The van der Waals surface area contributed by atoms with Crippen molar-refractivity contribution in [2.45, 2.75) is 0 Å². The summed E-state index contributed by atoms with van der Waals surface area (Å²) in [5, 5.41) is 2.78. The Kier molecular flexibility index (Phi) is 3.58. The van der Waals surface area contributed by atoms with Gasteiger partial charge in [0, 0.05) is 12.7 Å². The Morgan fingerprint density at radius 1 is 1.75 bits per heavy atom. The van der Waals surface area contributed by atoms with Gasteiger partial charge in [-0.25, -0.2) is 0 Å². The highest BCUT2D eigenvalue weighted by Crippen LogP contribution is 1.77. The summed E-state index contributed by atoms with van der Waals surface area (Å²) < 4.78 is 0. The maximum absolute atomic E-state index is 3.68. The Hall–Kier alpha value is -1.05. The van der Waals surface area contributed by atoms with E-state index < -0.39 is 0 Å². The van der Waals surface area contributed by atoms with Crippen molar-refractivity contribution in [2.75, 3.05) is 7.05 Å². The molecule has 0 aliphatic heterocycles. The molecule has 0 bridgehead atoms. The SMILES string of the molecule is C=CC(=C)NC=NC. The number of hydrogen-bond donors (Lipinski definition) is 1. The van der Waals surface area contributed by atoms with Gasteiger partial charge in [0.2, 0.25) is 0 Å². The van der Waals surface area contributed by atoms with E-state index in [1.807, 2.05) is 0 Å². The third kappa shape index (κ3) is 3.15. The van der Waals surface area contributed by atoms with Crippen molar-refractivity contribution in [3.63, 3.8) is 0 Å². The summed E-state index contributed by atoms with van der Waals surface area (Å²) in [6, 6.07) is 0. The van der Waals surface area contributed by atoms with E-state index in [2.05, 4.69) is 23.5 Å². The maximum Gasteiger partial charge on any atom is 0.0864 e. The van der Waals surface area contributed by atoms with Gasteiger partial charge in [-0.15, -0.1) is 0 Å². The molecule has 0 rings (SSSR count). The minimum Gasteiger partial charge on any atom is -0.347 e. The van der Waals surface area contributed by atoms with Gasteiger partial charge in [-0.2, -0.15) is 0 Å². The van der Waals surface area contributed by atoms with Crippen LogP contribution in [0.3, 0.4) is 0 Å². The number of nitrogens with zero attached hydrogens (tertiary/aromatic N) is 1. The highest BCUT2D eigenvalue weighted by atomic mass is 14.9. The maximum atomic E-state index is 3.68. The second-order valence-corrected chi connectivity index (χ2v) is 1.26. The molecule has 0 aromatic rings. The van der Waals surface area contributed by atoms with Crippen LogP contribution in [0.5, 0.6) is 0 Å². The third-order valence-corrected chi connectivity index (χ3v) is 0.625. The van der Waals surface area contributed by atoms with Gasteiger partial charge in [0.15, 0.2) is 0 Å². The van der Waals surface area contributed by atoms with Crippen LogP contribution >= 0.6 is 0 Å². The fourth-order valence-electron chi connectivity index (χ4n) is 0.206. The molecule has 0 amide bonds. The minimum atomic E-state index is 0.760. The van der Waals surface area contributed by atoms with Gasteiger partial charge in [0.05, 0.1) is 6.34 Å². The van der Waals surface area contributed by atoms with Crippen molar-refractivity contribution in [1.82, 2.24) is 5.32 Å². The van der Waals surface area contributed by atoms with Gasteiger partial charge in [0.25, 0.3) is 0 Å². The number of aliphatic imine (C=N–C) groups is 1. The lowest BCUT2D eigenvalue weighted by molar-refractivity contribution is 1.21. The number of rotatable bonds is 3. The first-order valence-corrected chi connectivity index (χ1v) is 2.29. The normalized spacial score (nSPS) is 9.12. The zero-order valence-corrected chi connectivity index (χ0v) is 5.02. The van der Waals surface area contributed by atoms with Crippen molar-refractivity contribution in [3.8, 4) is 0 Å². The summed E-state index contributed by atoms with van der Waals surface area (Å²) in [5.41, 5.74) is 0.760. The monoisotopic (exact) mass is 110 g/mol. The van der Waals surface area contributed by atoms with Crippen LogP contribution in [0.2, 0.25) is 0 Å². The van der Waals surface area contributed by atoms with Crippen LogP contribution in [0.4, 0.5) is 0 Å². The van der Waals surface area contributed by atoms with E-state index in [0.29, 0.717) is 0 Å². The molecule has 0 fully saturated rings. The quantitative estimate of drug-likeness (QED) is 0.326. The zero-order valence-electron chi connectivity index (χ0n) is 5.02.